The summed E-state index contributed by atoms with van der Waals surface area (Å²) >= 11 is 1.47. The van der Waals surface area contributed by atoms with Crippen molar-refractivity contribution in [3.05, 3.63) is 61.1 Å². The quantitative estimate of drug-likeness (QED) is 0.405. The summed E-state index contributed by atoms with van der Waals surface area (Å²) in [6.07, 6.45) is 7.69. The zero-order chi connectivity index (χ0) is 19.3. The number of amides is 1. The first-order chi connectivity index (χ1) is 13.7. The summed E-state index contributed by atoms with van der Waals surface area (Å²) in [6.45, 7) is 3.85. The lowest BCUT2D eigenvalue weighted by Crippen LogP contribution is -2.32. The molecule has 1 amide bonds. The van der Waals surface area contributed by atoms with E-state index in [0.717, 1.165) is 28.9 Å². The molecule has 4 rings (SSSR count). The maximum Gasteiger partial charge on any atom is 0.295 e. The third-order valence-corrected chi connectivity index (χ3v) is 5.27. The van der Waals surface area contributed by atoms with Crippen LogP contribution in [0.3, 0.4) is 0 Å². The van der Waals surface area contributed by atoms with Crippen LogP contribution >= 0.6 is 23.7 Å². The monoisotopic (exact) mass is 432 g/mol. The summed E-state index contributed by atoms with van der Waals surface area (Å²) < 4.78 is 13.9. The van der Waals surface area contributed by atoms with E-state index in [4.69, 9.17) is 9.15 Å². The van der Waals surface area contributed by atoms with Crippen LogP contribution in [0.15, 0.2) is 59.7 Å². The molecule has 0 spiro atoms. The third-order valence-electron chi connectivity index (χ3n) is 4.22. The molecular formula is C20H21ClN4O3S. The molecule has 4 aromatic rings. The zero-order valence-electron chi connectivity index (χ0n) is 15.9. The highest BCUT2D eigenvalue weighted by Gasteiger charge is 2.23. The summed E-state index contributed by atoms with van der Waals surface area (Å²) in [5, 5.41) is 0.649. The Bertz CT molecular complexity index is 1050. The number of thiazole rings is 1. The van der Waals surface area contributed by atoms with Gasteiger partial charge in [-0.2, -0.15) is 0 Å². The number of furan rings is 1. The van der Waals surface area contributed by atoms with Crippen LogP contribution in [-0.2, 0) is 6.54 Å². The van der Waals surface area contributed by atoms with E-state index >= 15 is 0 Å². The Kier molecular flexibility index (Phi) is 6.90. The van der Waals surface area contributed by atoms with Crippen LogP contribution in [0.1, 0.15) is 23.9 Å². The average molecular weight is 433 g/mol. The Morgan fingerprint density at radius 2 is 2.24 bits per heavy atom. The van der Waals surface area contributed by atoms with Crippen molar-refractivity contribution in [1.29, 1.82) is 0 Å². The SMILES string of the molecule is CCOc1ccc2nc(N(CCCn3ccnc3)C(=O)c3ccco3)sc2c1.Cl. The van der Waals surface area contributed by atoms with E-state index in [0.29, 0.717) is 24.0 Å². The molecule has 0 atom stereocenters. The molecule has 0 radical (unpaired) electrons. The van der Waals surface area contributed by atoms with E-state index in [1.807, 2.05) is 35.9 Å². The van der Waals surface area contributed by atoms with Gasteiger partial charge < -0.3 is 13.7 Å². The van der Waals surface area contributed by atoms with Crippen LogP contribution in [0, 0.1) is 0 Å². The number of aryl methyl sites for hydroxylation is 1. The van der Waals surface area contributed by atoms with Crippen LogP contribution in [0.5, 0.6) is 5.75 Å². The van der Waals surface area contributed by atoms with Crippen molar-refractivity contribution in [1.82, 2.24) is 14.5 Å². The zero-order valence-corrected chi connectivity index (χ0v) is 17.5. The maximum atomic E-state index is 13.0. The van der Waals surface area contributed by atoms with Gasteiger partial charge in [-0.15, -0.1) is 12.4 Å². The highest BCUT2D eigenvalue weighted by molar-refractivity contribution is 7.22. The first kappa shape index (κ1) is 20.9. The van der Waals surface area contributed by atoms with Crippen molar-refractivity contribution < 1.29 is 13.9 Å². The van der Waals surface area contributed by atoms with Crippen LogP contribution in [0.4, 0.5) is 5.13 Å². The molecule has 9 heteroatoms. The Morgan fingerprint density at radius 1 is 1.34 bits per heavy atom. The van der Waals surface area contributed by atoms with E-state index in [1.165, 1.54) is 17.6 Å². The Labute approximate surface area is 178 Å². The van der Waals surface area contributed by atoms with Crippen molar-refractivity contribution in [3.63, 3.8) is 0 Å². The van der Waals surface area contributed by atoms with Gasteiger partial charge in [-0.05, 0) is 43.7 Å². The lowest BCUT2D eigenvalue weighted by Gasteiger charge is -2.18. The molecule has 0 aliphatic carbocycles. The summed E-state index contributed by atoms with van der Waals surface area (Å²) in [5.41, 5.74) is 0.843. The third kappa shape index (κ3) is 4.78. The van der Waals surface area contributed by atoms with Gasteiger partial charge in [0.05, 0.1) is 29.4 Å². The van der Waals surface area contributed by atoms with Gasteiger partial charge in [0, 0.05) is 25.5 Å². The minimum Gasteiger partial charge on any atom is -0.494 e. The lowest BCUT2D eigenvalue weighted by atomic mass is 10.3. The van der Waals surface area contributed by atoms with Crippen LogP contribution in [0.2, 0.25) is 0 Å². The number of carbonyl (C=O) groups is 1. The second-order valence-corrected chi connectivity index (χ2v) is 7.16. The van der Waals surface area contributed by atoms with Crippen LogP contribution in [-0.4, -0.2) is 33.6 Å². The molecule has 0 aliphatic rings. The molecule has 0 saturated carbocycles. The molecule has 0 N–H and O–H groups in total. The minimum atomic E-state index is -0.195. The van der Waals surface area contributed by atoms with Crippen molar-refractivity contribution in [2.24, 2.45) is 0 Å². The first-order valence-electron chi connectivity index (χ1n) is 9.09. The number of aromatic nitrogens is 3. The van der Waals surface area contributed by atoms with Gasteiger partial charge in [0.1, 0.15) is 5.75 Å². The fraction of sp³-hybridized carbons (Fsp3) is 0.250. The molecule has 29 heavy (non-hydrogen) atoms. The van der Waals surface area contributed by atoms with Gasteiger partial charge >= 0.3 is 0 Å². The molecule has 1 aromatic carbocycles. The van der Waals surface area contributed by atoms with E-state index in [2.05, 4.69) is 9.97 Å². The summed E-state index contributed by atoms with van der Waals surface area (Å²) in [5.74, 6) is 0.908. The number of ether oxygens (including phenoxy) is 1. The Balaban J connectivity index is 0.00000240. The largest absolute Gasteiger partial charge is 0.494 e. The van der Waals surface area contributed by atoms with Gasteiger partial charge in [-0.1, -0.05) is 11.3 Å². The Hall–Kier alpha value is -2.84. The summed E-state index contributed by atoms with van der Waals surface area (Å²) in [4.78, 5) is 23.4. The molecule has 3 heterocycles. The maximum absolute atomic E-state index is 13.0. The molecule has 0 saturated heterocycles. The van der Waals surface area contributed by atoms with E-state index in [-0.39, 0.29) is 18.3 Å². The van der Waals surface area contributed by atoms with Gasteiger partial charge in [-0.3, -0.25) is 9.69 Å². The highest BCUT2D eigenvalue weighted by atomic mass is 35.5. The molecule has 3 aromatic heterocycles. The van der Waals surface area contributed by atoms with Gasteiger partial charge in [0.15, 0.2) is 10.9 Å². The summed E-state index contributed by atoms with van der Waals surface area (Å²) in [6, 6.07) is 9.16. The first-order valence-corrected chi connectivity index (χ1v) is 9.90. The molecule has 7 nitrogen and oxygen atoms in total. The van der Waals surface area contributed by atoms with Crippen molar-refractivity contribution in [2.75, 3.05) is 18.1 Å². The number of anilines is 1. The van der Waals surface area contributed by atoms with Crippen LogP contribution in [0.25, 0.3) is 10.2 Å². The Morgan fingerprint density at radius 3 is 2.97 bits per heavy atom. The standard InChI is InChI=1S/C20H20N4O3S.ClH/c1-2-26-15-6-7-16-18(13-15)28-20(22-16)24(19(25)17-5-3-12-27-17)10-4-9-23-11-8-21-14-23;/h3,5-8,11-14H,2,4,9-10H2,1H3;1H. The molecule has 0 unspecified atom stereocenters. The second kappa shape index (κ2) is 9.58. The molecule has 0 bridgehead atoms. The number of rotatable bonds is 8. The van der Waals surface area contributed by atoms with Gasteiger partial charge in [0.25, 0.3) is 5.91 Å². The van der Waals surface area contributed by atoms with Crippen molar-refractivity contribution in [2.45, 2.75) is 19.9 Å². The predicted molar refractivity (Wildman–Crippen MR) is 115 cm³/mol. The fourth-order valence-electron chi connectivity index (χ4n) is 2.91. The smallest absolute Gasteiger partial charge is 0.295 e. The number of nitrogens with zero attached hydrogens (tertiary/aromatic N) is 4. The number of carbonyl (C=O) groups excluding carboxylic acids is 1. The second-order valence-electron chi connectivity index (χ2n) is 6.15. The normalized spacial score (nSPS) is 10.7. The van der Waals surface area contributed by atoms with Gasteiger partial charge in [0.2, 0.25) is 0 Å². The molecular weight excluding hydrogens is 412 g/mol. The van der Waals surface area contributed by atoms with Gasteiger partial charge in [-0.25, -0.2) is 9.97 Å². The number of hydrogen-bond acceptors (Lipinski definition) is 6. The summed E-state index contributed by atoms with van der Waals surface area (Å²) in [7, 11) is 0. The highest BCUT2D eigenvalue weighted by Crippen LogP contribution is 2.32. The lowest BCUT2D eigenvalue weighted by molar-refractivity contribution is 0.0959. The number of hydrogen-bond donors (Lipinski definition) is 0. The predicted octanol–water partition coefficient (Wildman–Crippen LogP) is 4.64. The minimum absolute atomic E-state index is 0. The van der Waals surface area contributed by atoms with E-state index in [1.54, 1.807) is 29.6 Å². The fourth-order valence-corrected chi connectivity index (χ4v) is 3.93. The van der Waals surface area contributed by atoms with Crippen LogP contribution < -0.4 is 9.64 Å². The van der Waals surface area contributed by atoms with Crippen molar-refractivity contribution >= 4 is 45.0 Å². The number of halogens is 1. The molecule has 152 valence electrons. The topological polar surface area (TPSA) is 73.4 Å². The number of imidazole rings is 1. The van der Waals surface area contributed by atoms with E-state index < -0.39 is 0 Å². The number of fused-ring (bicyclic) bond motifs is 1. The van der Waals surface area contributed by atoms with Crippen molar-refractivity contribution in [3.8, 4) is 5.75 Å². The average Bonchev–Trinajstić information content (AvgIpc) is 3.46. The number of benzene rings is 1. The molecule has 0 fully saturated rings. The van der Waals surface area contributed by atoms with E-state index in [9.17, 15) is 4.79 Å². The molecule has 0 aliphatic heterocycles.